The standard InChI is InChI=1S/C36H22N3.Al.2H/c1-5-13-33-25(9-1)26-10-2-6-14-34(26)38(33)23-17-19-31-29(21-23)30-22-24(18-20-32(30)37-31)39-35-15-7-3-11-27(35)28-12-4-8-16-36(28)39;;;/h1-22H;;;/q-1;+1;;. The van der Waals surface area contributed by atoms with Crippen molar-refractivity contribution >= 4 is 81.9 Å². The van der Waals surface area contributed by atoms with Crippen LogP contribution in [-0.4, -0.2) is 29.2 Å². The van der Waals surface area contributed by atoms with Crippen molar-refractivity contribution in [1.82, 2.24) is 12.7 Å². The summed E-state index contributed by atoms with van der Waals surface area (Å²) in [6.07, 6.45) is 0. The van der Waals surface area contributed by atoms with Gasteiger partial charge in [0.1, 0.15) is 0 Å². The molecule has 0 saturated carbocycles. The maximum absolute atomic E-state index is 2.45. The average Bonchev–Trinajstić information content (AvgIpc) is 3.63. The monoisotopic (exact) mass is 525 g/mol. The highest BCUT2D eigenvalue weighted by atomic mass is 27.1. The van der Waals surface area contributed by atoms with Gasteiger partial charge in [0, 0.05) is 54.7 Å². The van der Waals surface area contributed by atoms with Crippen LogP contribution in [0, 0.1) is 0 Å². The Morgan fingerprint density at radius 2 is 0.650 bits per heavy atom. The largest absolute Gasteiger partial charge is 0.440 e. The van der Waals surface area contributed by atoms with E-state index < -0.39 is 0 Å². The Morgan fingerprint density at radius 3 is 1.00 bits per heavy atom. The van der Waals surface area contributed by atoms with Crippen LogP contribution in [0.3, 0.4) is 0 Å². The molecular formula is C36H24AlN3. The molecule has 6 aromatic carbocycles. The lowest BCUT2D eigenvalue weighted by atomic mass is 10.1. The van der Waals surface area contributed by atoms with Crippen molar-refractivity contribution in [3.8, 4) is 11.4 Å². The molecule has 9 rings (SSSR count). The molecule has 3 heterocycles. The number of fused-ring (bicyclic) bond motifs is 9. The van der Waals surface area contributed by atoms with Crippen molar-refractivity contribution in [3.63, 3.8) is 0 Å². The molecule has 0 unspecified atom stereocenters. The Balaban J connectivity index is 1.34. The van der Waals surface area contributed by atoms with Crippen molar-refractivity contribution in [2.75, 3.05) is 0 Å². The van der Waals surface area contributed by atoms with Gasteiger partial charge in [-0.2, -0.15) is 0 Å². The molecule has 0 atom stereocenters. The summed E-state index contributed by atoms with van der Waals surface area (Å²) in [6, 6.07) is 48.9. The van der Waals surface area contributed by atoms with Crippen molar-refractivity contribution in [1.29, 1.82) is 0 Å². The highest BCUT2D eigenvalue weighted by Crippen LogP contribution is 2.37. The molecule has 0 bridgehead atoms. The number of para-hydroxylation sites is 4. The van der Waals surface area contributed by atoms with E-state index in [9.17, 15) is 0 Å². The zero-order chi connectivity index (χ0) is 26.4. The minimum Gasteiger partial charge on any atom is -0.440 e. The lowest BCUT2D eigenvalue weighted by molar-refractivity contribution is 1.18. The van der Waals surface area contributed by atoms with Gasteiger partial charge in [0.2, 0.25) is 0 Å². The predicted octanol–water partition coefficient (Wildman–Crippen LogP) is 8.38. The Hall–Kier alpha value is -4.75. The third-order valence-corrected chi connectivity index (χ3v) is 9.61. The highest BCUT2D eigenvalue weighted by Gasteiger charge is 2.16. The minimum absolute atomic E-state index is 0.920. The van der Waals surface area contributed by atoms with Crippen LogP contribution in [0.1, 0.15) is 0 Å². The van der Waals surface area contributed by atoms with Crippen molar-refractivity contribution < 1.29 is 0 Å². The van der Waals surface area contributed by atoms with E-state index in [0.29, 0.717) is 0 Å². The van der Waals surface area contributed by atoms with Crippen LogP contribution in [0.15, 0.2) is 133 Å². The van der Waals surface area contributed by atoms with Crippen LogP contribution >= 0.6 is 0 Å². The molecule has 3 nitrogen and oxygen atoms in total. The Morgan fingerprint density at radius 1 is 0.325 bits per heavy atom. The number of nitrogens with zero attached hydrogens (tertiary/aromatic N) is 3. The lowest BCUT2D eigenvalue weighted by Crippen LogP contribution is -1.95. The zero-order valence-corrected chi connectivity index (χ0v) is 24.0. The van der Waals surface area contributed by atoms with Gasteiger partial charge in [0.15, 0.2) is 0 Å². The molecule has 0 fully saturated rings. The van der Waals surface area contributed by atoms with Gasteiger partial charge >= 0.3 is 16.5 Å². The van der Waals surface area contributed by atoms with E-state index in [1.54, 1.807) is 0 Å². The zero-order valence-electron chi connectivity index (χ0n) is 22.0. The van der Waals surface area contributed by atoms with Gasteiger partial charge in [-0.1, -0.05) is 72.8 Å². The molecule has 3 aromatic heterocycles. The Bertz CT molecular complexity index is 2180. The molecule has 0 amide bonds. The second-order valence-corrected chi connectivity index (χ2v) is 11.6. The smallest absolute Gasteiger partial charge is 0.370 e. The first kappa shape index (κ1) is 22.1. The first-order valence-electron chi connectivity index (χ1n) is 13.8. The SMILES string of the molecule is [AlH2][n]1c2ccc(-n3c4ccccc4c4ccccc43)cc2c2cc(-n3c4ccccc4c4ccccc43)ccc21. The van der Waals surface area contributed by atoms with Crippen LogP contribution in [0.5, 0.6) is 0 Å². The number of hydrogen-bond acceptors (Lipinski definition) is 0. The molecule has 40 heavy (non-hydrogen) atoms. The normalized spacial score (nSPS) is 12.1. The molecule has 0 aliphatic rings. The number of benzene rings is 6. The maximum Gasteiger partial charge on any atom is 0.370 e. The summed E-state index contributed by atoms with van der Waals surface area (Å²) >= 11 is 0.920. The number of hydrogen-bond donors (Lipinski definition) is 0. The maximum atomic E-state index is 2.45. The van der Waals surface area contributed by atoms with E-state index in [2.05, 4.69) is 146 Å². The third-order valence-electron chi connectivity index (χ3n) is 8.65. The fourth-order valence-electron chi connectivity index (χ4n) is 6.87. The molecule has 0 saturated heterocycles. The van der Waals surface area contributed by atoms with E-state index in [0.717, 1.165) is 16.5 Å². The van der Waals surface area contributed by atoms with E-state index in [-0.39, 0.29) is 0 Å². The summed E-state index contributed by atoms with van der Waals surface area (Å²) in [7, 11) is 0. The molecule has 0 radical (unpaired) electrons. The van der Waals surface area contributed by atoms with Crippen molar-refractivity contribution in [3.05, 3.63) is 133 Å². The third kappa shape index (κ3) is 2.90. The lowest BCUT2D eigenvalue weighted by Gasteiger charge is -2.09. The molecule has 0 aliphatic carbocycles. The topological polar surface area (TPSA) is 14.8 Å². The Labute approximate surface area is 238 Å². The van der Waals surface area contributed by atoms with Gasteiger partial charge in [-0.3, -0.25) is 0 Å². The number of rotatable bonds is 2. The first-order chi connectivity index (χ1) is 19.8. The molecule has 0 aliphatic heterocycles. The summed E-state index contributed by atoms with van der Waals surface area (Å²) in [6.45, 7) is 0. The fourth-order valence-corrected chi connectivity index (χ4v) is 7.65. The first-order valence-corrected chi connectivity index (χ1v) is 14.7. The molecule has 186 valence electrons. The summed E-state index contributed by atoms with van der Waals surface area (Å²) in [5.41, 5.74) is 9.94. The quantitative estimate of drug-likeness (QED) is 0.201. The van der Waals surface area contributed by atoms with E-state index in [1.165, 1.54) is 76.8 Å². The molecule has 4 heteroatoms. The van der Waals surface area contributed by atoms with Gasteiger partial charge < -0.3 is 12.7 Å². The minimum atomic E-state index is 0.920. The summed E-state index contributed by atoms with van der Waals surface area (Å²) < 4.78 is 7.28. The van der Waals surface area contributed by atoms with Crippen LogP contribution in [0.4, 0.5) is 0 Å². The second kappa shape index (κ2) is 8.13. The van der Waals surface area contributed by atoms with Gasteiger partial charge in [-0.25, -0.2) is 0 Å². The number of aromatic nitrogens is 3. The van der Waals surface area contributed by atoms with Crippen LogP contribution in [0.2, 0.25) is 0 Å². The van der Waals surface area contributed by atoms with Crippen molar-refractivity contribution in [2.45, 2.75) is 0 Å². The van der Waals surface area contributed by atoms with Gasteiger partial charge in [0.25, 0.3) is 0 Å². The van der Waals surface area contributed by atoms with Gasteiger partial charge in [-0.05, 0) is 60.7 Å². The van der Waals surface area contributed by atoms with Gasteiger partial charge in [0.05, 0.1) is 22.1 Å². The molecule has 9 aromatic rings. The molecule has 0 spiro atoms. The summed E-state index contributed by atoms with van der Waals surface area (Å²) in [4.78, 5) is 0. The molecule has 0 N–H and O–H groups in total. The van der Waals surface area contributed by atoms with Crippen LogP contribution < -0.4 is 0 Å². The highest BCUT2D eigenvalue weighted by molar-refractivity contribution is 6.22. The fraction of sp³-hybridized carbons (Fsp3) is 0. The van der Waals surface area contributed by atoms with Crippen LogP contribution in [-0.2, 0) is 0 Å². The van der Waals surface area contributed by atoms with Crippen LogP contribution in [0.25, 0.3) is 76.8 Å². The van der Waals surface area contributed by atoms with E-state index in [4.69, 9.17) is 0 Å². The van der Waals surface area contributed by atoms with Gasteiger partial charge in [-0.15, -0.1) is 0 Å². The summed E-state index contributed by atoms with van der Waals surface area (Å²) in [5, 5.41) is 7.75. The average molecular weight is 526 g/mol. The van der Waals surface area contributed by atoms with E-state index in [1.807, 2.05) is 0 Å². The predicted molar refractivity (Wildman–Crippen MR) is 172 cm³/mol. The summed E-state index contributed by atoms with van der Waals surface area (Å²) in [5.74, 6) is 0. The van der Waals surface area contributed by atoms with Crippen molar-refractivity contribution in [2.24, 2.45) is 0 Å². The molecular weight excluding hydrogens is 501 g/mol. The Kier molecular flexibility index (Phi) is 4.49. The second-order valence-electron chi connectivity index (χ2n) is 10.7. The van der Waals surface area contributed by atoms with E-state index >= 15 is 0 Å².